The monoisotopic (exact) mass is 568 g/mol. The molecule has 5 rings (SSSR count). The Morgan fingerprint density at radius 3 is 2.43 bits per heavy atom. The maximum Gasteiger partial charge on any atom is 0.252 e. The fraction of sp³-hybridized carbons (Fsp3) is 0.294. The van der Waals surface area contributed by atoms with E-state index in [0.29, 0.717) is 23.7 Å². The number of carbonyl (C=O) groups is 1. The van der Waals surface area contributed by atoms with E-state index in [9.17, 15) is 9.90 Å². The van der Waals surface area contributed by atoms with E-state index in [0.717, 1.165) is 39.5 Å². The number of aromatic amines is 1. The van der Waals surface area contributed by atoms with Gasteiger partial charge >= 0.3 is 0 Å². The number of hydrogen-bond donors (Lipinski definition) is 4. The lowest BCUT2D eigenvalue weighted by molar-refractivity contribution is 0.0962. The quantitative estimate of drug-likeness (QED) is 0.150. The van der Waals surface area contributed by atoms with Gasteiger partial charge in [0.2, 0.25) is 5.88 Å². The number of β-amino-alcohol motifs (C(OH)–C–C–N with tert-alkyl or cyclic N) is 1. The summed E-state index contributed by atoms with van der Waals surface area (Å²) in [4.78, 5) is 19.3. The largest absolute Gasteiger partial charge is 0.490 e. The second kappa shape index (κ2) is 14.0. The topological polar surface area (TPSA) is 109 Å². The molecule has 2 aromatic heterocycles. The molecule has 1 amide bonds. The van der Waals surface area contributed by atoms with Gasteiger partial charge in [0.05, 0.1) is 11.1 Å². The first-order valence-electron chi connectivity index (χ1n) is 14.3. The lowest BCUT2D eigenvalue weighted by Gasteiger charge is -2.28. The minimum Gasteiger partial charge on any atom is -0.490 e. The third-order valence-electron chi connectivity index (χ3n) is 6.76. The van der Waals surface area contributed by atoms with Crippen molar-refractivity contribution >= 4 is 27.7 Å². The third-order valence-corrected chi connectivity index (χ3v) is 6.76. The van der Waals surface area contributed by atoms with E-state index in [1.54, 1.807) is 19.2 Å². The minimum atomic E-state index is -0.669. The number of benzene rings is 3. The van der Waals surface area contributed by atoms with Gasteiger partial charge < -0.3 is 30.2 Å². The van der Waals surface area contributed by atoms with Gasteiger partial charge in [-0.15, -0.1) is 0 Å². The zero-order valence-electron chi connectivity index (χ0n) is 24.9. The number of para-hydroxylation sites is 1. The Morgan fingerprint density at radius 1 is 0.976 bits per heavy atom. The van der Waals surface area contributed by atoms with Gasteiger partial charge in [-0.2, -0.15) is 0 Å². The molecule has 8 heteroatoms. The first-order chi connectivity index (χ1) is 20.3. The van der Waals surface area contributed by atoms with E-state index < -0.39 is 6.10 Å². The van der Waals surface area contributed by atoms with E-state index >= 15 is 0 Å². The number of hydrogen-bond acceptors (Lipinski definition) is 6. The van der Waals surface area contributed by atoms with Gasteiger partial charge in [0, 0.05) is 47.7 Å². The van der Waals surface area contributed by atoms with Crippen LogP contribution in [0.2, 0.25) is 0 Å². The number of aliphatic hydroxyl groups excluding tert-OH is 1. The molecule has 3 aromatic carbocycles. The van der Waals surface area contributed by atoms with E-state index in [-0.39, 0.29) is 18.1 Å². The fourth-order valence-electron chi connectivity index (χ4n) is 4.72. The summed E-state index contributed by atoms with van der Waals surface area (Å²) >= 11 is 0. The molecule has 8 nitrogen and oxygen atoms in total. The molecule has 0 aliphatic heterocycles. The summed E-state index contributed by atoms with van der Waals surface area (Å²) in [6.45, 7) is 8.80. The zero-order valence-corrected chi connectivity index (χ0v) is 24.9. The molecule has 4 N–H and O–H groups in total. The maximum atomic E-state index is 11.7. The van der Waals surface area contributed by atoms with Crippen LogP contribution >= 0.6 is 0 Å². The van der Waals surface area contributed by atoms with E-state index in [1.165, 1.54) is 6.20 Å². The number of H-pyrrole nitrogens is 1. The van der Waals surface area contributed by atoms with Crippen molar-refractivity contribution in [3.8, 4) is 17.4 Å². The number of fused-ring (bicyclic) bond motifs is 3. The van der Waals surface area contributed by atoms with Gasteiger partial charge in [-0.05, 0) is 62.2 Å². The number of pyridine rings is 1. The van der Waals surface area contributed by atoms with Gasteiger partial charge in [0.15, 0.2) is 0 Å². The number of nitrogens with zero attached hydrogens (tertiary/aromatic N) is 1. The first kappa shape index (κ1) is 30.6. The van der Waals surface area contributed by atoms with Crippen LogP contribution in [0.1, 0.15) is 43.6 Å². The molecule has 0 aliphatic rings. The van der Waals surface area contributed by atoms with Crippen molar-refractivity contribution in [3.63, 3.8) is 0 Å². The Hall–Kier alpha value is -4.40. The molecular weight excluding hydrogens is 528 g/mol. The molecule has 220 valence electrons. The molecule has 0 fully saturated rings. The van der Waals surface area contributed by atoms with Crippen molar-refractivity contribution in [1.82, 2.24) is 20.6 Å². The second-order valence-electron chi connectivity index (χ2n) is 10.5. The standard InChI is InChI=1S/C32H34N4O4.C2H6/c1-32(2,17-21-11-14-24(15-12-21)40-29-16-13-22(18-34-29)31(38)33-3)35-19-23(37)20-39-28-10-6-9-27-30(28)25-7-4-5-8-26(25)36-27;1-2/h4-16,18,23,35-37H,17,19-20H2,1-3H3,(H,33,38);1-2H3. The van der Waals surface area contributed by atoms with Crippen LogP contribution in [0.25, 0.3) is 21.8 Å². The number of carbonyl (C=O) groups excluding carboxylic acids is 1. The molecule has 42 heavy (non-hydrogen) atoms. The Kier molecular flexibility index (Phi) is 10.2. The minimum absolute atomic E-state index is 0.186. The Morgan fingerprint density at radius 2 is 1.71 bits per heavy atom. The van der Waals surface area contributed by atoms with Crippen LogP contribution in [-0.2, 0) is 6.42 Å². The van der Waals surface area contributed by atoms with Crippen LogP contribution in [0.5, 0.6) is 17.4 Å². The van der Waals surface area contributed by atoms with Gasteiger partial charge in [-0.25, -0.2) is 4.98 Å². The summed E-state index contributed by atoms with van der Waals surface area (Å²) in [7, 11) is 1.58. The van der Waals surface area contributed by atoms with Crippen LogP contribution in [0.4, 0.5) is 0 Å². The fourth-order valence-corrected chi connectivity index (χ4v) is 4.72. The van der Waals surface area contributed by atoms with Crippen LogP contribution in [0.3, 0.4) is 0 Å². The molecule has 1 atom stereocenters. The molecule has 0 saturated carbocycles. The smallest absolute Gasteiger partial charge is 0.252 e. The summed E-state index contributed by atoms with van der Waals surface area (Å²) in [6, 6.07) is 25.2. The SMILES string of the molecule is CC.CNC(=O)c1ccc(Oc2ccc(CC(C)(C)NCC(O)COc3cccc4[nH]c5ccccc5c34)cc2)nc1. The van der Waals surface area contributed by atoms with Crippen molar-refractivity contribution in [1.29, 1.82) is 0 Å². The van der Waals surface area contributed by atoms with E-state index in [2.05, 4.69) is 40.5 Å². The summed E-state index contributed by atoms with van der Waals surface area (Å²) in [6.07, 6.45) is 1.57. The van der Waals surface area contributed by atoms with Crippen LogP contribution in [-0.4, -0.2) is 52.8 Å². The number of amides is 1. The Balaban J connectivity index is 0.00000198. The number of aliphatic hydroxyl groups is 1. The molecule has 0 spiro atoms. The molecule has 0 radical (unpaired) electrons. The van der Waals surface area contributed by atoms with Gasteiger partial charge in [0.1, 0.15) is 24.2 Å². The highest BCUT2D eigenvalue weighted by Crippen LogP contribution is 2.33. The highest BCUT2D eigenvalue weighted by Gasteiger charge is 2.20. The predicted molar refractivity (Wildman–Crippen MR) is 169 cm³/mol. The number of aromatic nitrogens is 2. The summed E-state index contributed by atoms with van der Waals surface area (Å²) in [5.74, 6) is 1.64. The van der Waals surface area contributed by atoms with Gasteiger partial charge in [-0.3, -0.25) is 4.79 Å². The van der Waals surface area contributed by atoms with Crippen molar-refractivity contribution < 1.29 is 19.4 Å². The number of ether oxygens (including phenoxy) is 2. The van der Waals surface area contributed by atoms with Gasteiger partial charge in [-0.1, -0.05) is 50.2 Å². The molecule has 0 aliphatic carbocycles. The van der Waals surface area contributed by atoms with E-state index in [4.69, 9.17) is 9.47 Å². The van der Waals surface area contributed by atoms with Crippen LogP contribution in [0, 0.1) is 0 Å². The van der Waals surface area contributed by atoms with Crippen molar-refractivity contribution in [2.45, 2.75) is 45.8 Å². The van der Waals surface area contributed by atoms with Gasteiger partial charge in [0.25, 0.3) is 5.91 Å². The highest BCUT2D eigenvalue weighted by atomic mass is 16.5. The maximum absolute atomic E-state index is 11.7. The van der Waals surface area contributed by atoms with E-state index in [1.807, 2.05) is 74.5 Å². The molecule has 2 heterocycles. The number of rotatable bonds is 11. The van der Waals surface area contributed by atoms with Crippen molar-refractivity contribution in [3.05, 3.63) is 96.2 Å². The molecule has 1 unspecified atom stereocenters. The van der Waals surface area contributed by atoms with Crippen molar-refractivity contribution in [2.24, 2.45) is 0 Å². The average molecular weight is 569 g/mol. The van der Waals surface area contributed by atoms with Crippen LogP contribution in [0.15, 0.2) is 85.1 Å². The molecule has 0 saturated heterocycles. The first-order valence-corrected chi connectivity index (χ1v) is 14.3. The third kappa shape index (κ3) is 7.66. The summed E-state index contributed by atoms with van der Waals surface area (Å²) < 4.78 is 11.9. The zero-order chi connectivity index (χ0) is 30.1. The Labute approximate surface area is 247 Å². The van der Waals surface area contributed by atoms with Crippen molar-refractivity contribution in [2.75, 3.05) is 20.2 Å². The Bertz CT molecular complexity index is 1590. The normalized spacial score (nSPS) is 12.0. The predicted octanol–water partition coefficient (Wildman–Crippen LogP) is 6.24. The second-order valence-corrected chi connectivity index (χ2v) is 10.5. The molecule has 0 bridgehead atoms. The molecule has 5 aromatic rings. The van der Waals surface area contributed by atoms with Crippen LogP contribution < -0.4 is 20.1 Å². The lowest BCUT2D eigenvalue weighted by Crippen LogP contribution is -2.46. The molecular formula is C34H40N4O4. The summed E-state index contributed by atoms with van der Waals surface area (Å²) in [5, 5.41) is 18.8. The average Bonchev–Trinajstić information content (AvgIpc) is 3.40. The number of nitrogens with one attached hydrogen (secondary N) is 3. The lowest BCUT2D eigenvalue weighted by atomic mass is 9.94. The highest BCUT2D eigenvalue weighted by molar-refractivity contribution is 6.10. The summed E-state index contributed by atoms with van der Waals surface area (Å²) in [5.41, 5.74) is 3.43.